The molecule has 1 fully saturated rings. The van der Waals surface area contributed by atoms with Crippen molar-refractivity contribution < 1.29 is 17.9 Å². The van der Waals surface area contributed by atoms with Gasteiger partial charge in [0.15, 0.2) is 6.61 Å². The van der Waals surface area contributed by atoms with Crippen LogP contribution in [0.1, 0.15) is 39.5 Å². The lowest BCUT2D eigenvalue weighted by molar-refractivity contribution is -0.120. The van der Waals surface area contributed by atoms with Gasteiger partial charge in [0.25, 0.3) is 0 Å². The van der Waals surface area contributed by atoms with Gasteiger partial charge in [0.2, 0.25) is 15.9 Å². The number of nitrogens with one attached hydrogen (secondary N) is 2. The molecule has 1 aromatic rings. The Morgan fingerprint density at radius 1 is 1.31 bits per heavy atom. The molecule has 0 atom stereocenters. The minimum atomic E-state index is -3.28. The Kier molecular flexibility index (Phi) is 7.00. The molecule has 0 aromatic heterocycles. The van der Waals surface area contributed by atoms with Crippen molar-refractivity contribution in [3.8, 4) is 11.8 Å². The van der Waals surface area contributed by atoms with Gasteiger partial charge in [-0.25, -0.2) is 13.1 Å². The second-order valence-electron chi connectivity index (χ2n) is 6.72. The standard InChI is InChI=1S/C18H25N3O4S/c1-13(2)26(23,24)21-15-8-6-14(7-9-15)18(22)20-16-4-3-5-17(12-16)25-11-10-19/h3-5,12-15,21H,6-9,11H2,1-2H3,(H,20,22). The normalized spacial score (nSPS) is 20.4. The van der Waals surface area contributed by atoms with Crippen LogP contribution in [-0.4, -0.2) is 32.2 Å². The molecule has 1 amide bonds. The summed E-state index contributed by atoms with van der Waals surface area (Å²) in [6.45, 7) is 3.25. The van der Waals surface area contributed by atoms with Crippen LogP contribution in [0.5, 0.6) is 5.75 Å². The smallest absolute Gasteiger partial charge is 0.227 e. The van der Waals surface area contributed by atoms with Gasteiger partial charge in [-0.2, -0.15) is 5.26 Å². The van der Waals surface area contributed by atoms with E-state index in [4.69, 9.17) is 10.00 Å². The van der Waals surface area contributed by atoms with Crippen LogP contribution in [0.15, 0.2) is 24.3 Å². The maximum Gasteiger partial charge on any atom is 0.227 e. The van der Waals surface area contributed by atoms with E-state index >= 15 is 0 Å². The number of amides is 1. The zero-order valence-corrected chi connectivity index (χ0v) is 15.9. The zero-order chi connectivity index (χ0) is 19.2. The zero-order valence-electron chi connectivity index (χ0n) is 15.1. The van der Waals surface area contributed by atoms with E-state index in [-0.39, 0.29) is 24.5 Å². The molecule has 2 N–H and O–H groups in total. The second-order valence-corrected chi connectivity index (χ2v) is 8.99. The molecule has 7 nitrogen and oxygen atoms in total. The Balaban J connectivity index is 1.86. The Labute approximate surface area is 154 Å². The van der Waals surface area contributed by atoms with E-state index < -0.39 is 15.3 Å². The number of sulfonamides is 1. The average Bonchev–Trinajstić information content (AvgIpc) is 2.60. The molecule has 0 saturated heterocycles. The summed E-state index contributed by atoms with van der Waals surface area (Å²) in [6, 6.07) is 8.71. The van der Waals surface area contributed by atoms with Crippen LogP contribution >= 0.6 is 0 Å². The average molecular weight is 379 g/mol. The predicted octanol–water partition coefficient (Wildman–Crippen LogP) is 2.41. The molecular formula is C18H25N3O4S. The van der Waals surface area contributed by atoms with E-state index in [1.54, 1.807) is 38.1 Å². The van der Waals surface area contributed by atoms with Crippen LogP contribution in [0.25, 0.3) is 0 Å². The molecule has 1 aromatic carbocycles. The first-order chi connectivity index (χ1) is 12.3. The van der Waals surface area contributed by atoms with Crippen molar-refractivity contribution in [2.24, 2.45) is 5.92 Å². The van der Waals surface area contributed by atoms with E-state index in [1.807, 2.05) is 6.07 Å². The maximum atomic E-state index is 12.5. The Bertz CT molecular complexity index is 763. The molecule has 2 rings (SSSR count). The van der Waals surface area contributed by atoms with Crippen molar-refractivity contribution in [1.82, 2.24) is 4.72 Å². The highest BCUT2D eigenvalue weighted by atomic mass is 32.2. The summed E-state index contributed by atoms with van der Waals surface area (Å²) < 4.78 is 31.8. The summed E-state index contributed by atoms with van der Waals surface area (Å²) in [4.78, 5) is 12.5. The number of nitriles is 1. The molecule has 0 heterocycles. The van der Waals surface area contributed by atoms with Crippen LogP contribution in [0.2, 0.25) is 0 Å². The molecule has 142 valence electrons. The second kappa shape index (κ2) is 9.01. The topological polar surface area (TPSA) is 108 Å². The first kappa shape index (κ1) is 20.2. The number of anilines is 1. The summed E-state index contributed by atoms with van der Waals surface area (Å²) in [5.74, 6) is 0.308. The maximum absolute atomic E-state index is 12.5. The monoisotopic (exact) mass is 379 g/mol. The molecule has 0 bridgehead atoms. The van der Waals surface area contributed by atoms with E-state index in [2.05, 4.69) is 10.0 Å². The molecule has 0 radical (unpaired) electrons. The van der Waals surface area contributed by atoms with Gasteiger partial charge in [-0.15, -0.1) is 0 Å². The highest BCUT2D eigenvalue weighted by Gasteiger charge is 2.29. The summed E-state index contributed by atoms with van der Waals surface area (Å²) in [5, 5.41) is 11.0. The van der Waals surface area contributed by atoms with Gasteiger partial charge in [-0.05, 0) is 51.7 Å². The SMILES string of the molecule is CC(C)S(=O)(=O)NC1CCC(C(=O)Nc2cccc(OCC#N)c2)CC1. The number of ether oxygens (including phenoxy) is 1. The van der Waals surface area contributed by atoms with Gasteiger partial charge < -0.3 is 10.1 Å². The summed E-state index contributed by atoms with van der Waals surface area (Å²) in [7, 11) is -3.28. The van der Waals surface area contributed by atoms with Gasteiger partial charge in [-0.3, -0.25) is 4.79 Å². The lowest BCUT2D eigenvalue weighted by atomic mass is 9.86. The molecule has 0 unspecified atom stereocenters. The van der Waals surface area contributed by atoms with Crippen LogP contribution in [-0.2, 0) is 14.8 Å². The third-order valence-corrected chi connectivity index (χ3v) is 6.36. The lowest BCUT2D eigenvalue weighted by Crippen LogP contribution is -2.42. The molecule has 1 aliphatic rings. The Morgan fingerprint density at radius 3 is 2.62 bits per heavy atom. The van der Waals surface area contributed by atoms with Gasteiger partial charge in [0.05, 0.1) is 5.25 Å². The quantitative estimate of drug-likeness (QED) is 0.756. The molecule has 0 aliphatic heterocycles. The third kappa shape index (κ3) is 5.71. The third-order valence-electron chi connectivity index (χ3n) is 4.45. The van der Waals surface area contributed by atoms with E-state index in [9.17, 15) is 13.2 Å². The van der Waals surface area contributed by atoms with Crippen molar-refractivity contribution >= 4 is 21.6 Å². The van der Waals surface area contributed by atoms with Crippen molar-refractivity contribution in [2.45, 2.75) is 50.8 Å². The van der Waals surface area contributed by atoms with Crippen molar-refractivity contribution in [2.75, 3.05) is 11.9 Å². The van der Waals surface area contributed by atoms with Gasteiger partial charge in [0.1, 0.15) is 11.8 Å². The largest absolute Gasteiger partial charge is 0.479 e. The Hall–Kier alpha value is -2.11. The molecule has 1 saturated carbocycles. The van der Waals surface area contributed by atoms with Crippen LogP contribution in [0, 0.1) is 17.2 Å². The van der Waals surface area contributed by atoms with Crippen LogP contribution in [0.4, 0.5) is 5.69 Å². The Morgan fingerprint density at radius 2 is 2.00 bits per heavy atom. The summed E-state index contributed by atoms with van der Waals surface area (Å²) >= 11 is 0. The summed E-state index contributed by atoms with van der Waals surface area (Å²) in [6.07, 6.45) is 2.58. The molecule has 0 spiro atoms. The number of hydrogen-bond donors (Lipinski definition) is 2. The van der Waals surface area contributed by atoms with Gasteiger partial charge in [0, 0.05) is 23.7 Å². The minimum absolute atomic E-state index is 0.0479. The highest BCUT2D eigenvalue weighted by Crippen LogP contribution is 2.27. The fourth-order valence-electron chi connectivity index (χ4n) is 2.87. The first-order valence-corrected chi connectivity index (χ1v) is 10.3. The highest BCUT2D eigenvalue weighted by molar-refractivity contribution is 7.90. The van der Waals surface area contributed by atoms with E-state index in [0.29, 0.717) is 37.1 Å². The molecule has 1 aliphatic carbocycles. The van der Waals surface area contributed by atoms with Crippen molar-refractivity contribution in [1.29, 1.82) is 5.26 Å². The van der Waals surface area contributed by atoms with Gasteiger partial charge >= 0.3 is 0 Å². The molecular weight excluding hydrogens is 354 g/mol. The van der Waals surface area contributed by atoms with Crippen LogP contribution < -0.4 is 14.8 Å². The fourth-order valence-corrected chi connectivity index (χ4v) is 3.84. The first-order valence-electron chi connectivity index (χ1n) is 8.73. The number of carbonyl (C=O) groups is 1. The number of hydrogen-bond acceptors (Lipinski definition) is 5. The minimum Gasteiger partial charge on any atom is -0.479 e. The molecule has 8 heteroatoms. The van der Waals surface area contributed by atoms with Gasteiger partial charge in [-0.1, -0.05) is 6.07 Å². The van der Waals surface area contributed by atoms with E-state index in [1.165, 1.54) is 0 Å². The number of benzene rings is 1. The number of carbonyl (C=O) groups excluding carboxylic acids is 1. The van der Waals surface area contributed by atoms with Crippen molar-refractivity contribution in [3.63, 3.8) is 0 Å². The predicted molar refractivity (Wildman–Crippen MR) is 99.1 cm³/mol. The van der Waals surface area contributed by atoms with Crippen LogP contribution in [0.3, 0.4) is 0 Å². The number of nitrogens with zero attached hydrogens (tertiary/aromatic N) is 1. The fraction of sp³-hybridized carbons (Fsp3) is 0.556. The number of rotatable bonds is 7. The summed E-state index contributed by atoms with van der Waals surface area (Å²) in [5.41, 5.74) is 0.619. The molecule has 26 heavy (non-hydrogen) atoms. The lowest BCUT2D eigenvalue weighted by Gasteiger charge is -2.28. The van der Waals surface area contributed by atoms with Crippen molar-refractivity contribution in [3.05, 3.63) is 24.3 Å². The van der Waals surface area contributed by atoms with E-state index in [0.717, 1.165) is 0 Å².